The third-order valence-electron chi connectivity index (χ3n) is 6.41. The maximum Gasteiger partial charge on any atom is 0.418 e. The van der Waals surface area contributed by atoms with Gasteiger partial charge in [0, 0.05) is 17.0 Å². The van der Waals surface area contributed by atoms with Crippen molar-refractivity contribution in [2.45, 2.75) is 38.8 Å². The second kappa shape index (κ2) is 6.62. The van der Waals surface area contributed by atoms with Gasteiger partial charge in [0.1, 0.15) is 22.7 Å². The summed E-state index contributed by atoms with van der Waals surface area (Å²) in [6, 6.07) is 1.12. The van der Waals surface area contributed by atoms with Crippen molar-refractivity contribution >= 4 is 16.7 Å². The Balaban J connectivity index is 1.77. The van der Waals surface area contributed by atoms with Crippen molar-refractivity contribution in [3.63, 3.8) is 0 Å². The van der Waals surface area contributed by atoms with Crippen LogP contribution in [-0.2, 0) is 6.18 Å². The lowest BCUT2D eigenvalue weighted by Gasteiger charge is -2.17. The molecule has 10 heteroatoms. The highest BCUT2D eigenvalue weighted by Crippen LogP contribution is 2.57. The van der Waals surface area contributed by atoms with Crippen LogP contribution >= 0.6 is 0 Å². The number of anilines is 1. The quantitative estimate of drug-likeness (QED) is 0.539. The van der Waals surface area contributed by atoms with E-state index < -0.39 is 28.9 Å². The number of aromatic nitrogens is 4. The number of aromatic amines is 1. The van der Waals surface area contributed by atoms with Gasteiger partial charge in [0.25, 0.3) is 0 Å². The molecular weight excluding hydrogens is 412 g/mol. The van der Waals surface area contributed by atoms with Gasteiger partial charge in [0.2, 0.25) is 0 Å². The highest BCUT2D eigenvalue weighted by atomic mass is 19.4. The van der Waals surface area contributed by atoms with Gasteiger partial charge in [-0.25, -0.2) is 14.4 Å². The van der Waals surface area contributed by atoms with E-state index in [0.717, 1.165) is 24.8 Å². The monoisotopic (exact) mass is 434 g/mol. The number of hydrogen-bond donors (Lipinski definition) is 3. The van der Waals surface area contributed by atoms with E-state index in [1.165, 1.54) is 6.92 Å². The van der Waals surface area contributed by atoms with Crippen LogP contribution in [0.15, 0.2) is 6.07 Å². The highest BCUT2D eigenvalue weighted by Gasteiger charge is 2.55. The predicted octanol–water partition coefficient (Wildman–Crippen LogP) is 4.12. The normalized spacial score (nSPS) is 23.0. The molecule has 4 heterocycles. The van der Waals surface area contributed by atoms with Crippen molar-refractivity contribution in [1.82, 2.24) is 25.5 Å². The molecule has 3 atom stereocenters. The summed E-state index contributed by atoms with van der Waals surface area (Å²) in [5, 5.41) is 11.0. The van der Waals surface area contributed by atoms with Gasteiger partial charge in [-0.1, -0.05) is 13.8 Å². The Kier molecular flexibility index (Phi) is 4.31. The molecule has 0 spiro atoms. The standard InChI is InChI=1S/C21H22F4N6/c1-7(2)16-13-17(12-9-5-27-6-10(9)12)30-31-18(13)15(22)20(29-16)19-14(21(23,24)25)8(3)4-11(26)28-19/h4,7,9-10,12,27H,5-6H2,1-3H3,(H2,26,28)(H,30,31)/t9-,10+,12?. The van der Waals surface area contributed by atoms with Crippen LogP contribution in [0.3, 0.4) is 0 Å². The molecule has 1 unspecified atom stereocenters. The summed E-state index contributed by atoms with van der Waals surface area (Å²) in [5.41, 5.74) is 4.78. The molecule has 1 saturated heterocycles. The molecule has 31 heavy (non-hydrogen) atoms. The van der Waals surface area contributed by atoms with E-state index in [9.17, 15) is 13.2 Å². The molecule has 3 aromatic heterocycles. The summed E-state index contributed by atoms with van der Waals surface area (Å²) in [6.45, 7) is 6.80. The van der Waals surface area contributed by atoms with Crippen LogP contribution in [-0.4, -0.2) is 33.3 Å². The lowest BCUT2D eigenvalue weighted by atomic mass is 9.98. The minimum absolute atomic E-state index is 0.00312. The van der Waals surface area contributed by atoms with Gasteiger partial charge in [0.15, 0.2) is 5.82 Å². The zero-order valence-electron chi connectivity index (χ0n) is 17.2. The first-order valence-corrected chi connectivity index (χ1v) is 10.2. The fourth-order valence-corrected chi connectivity index (χ4v) is 5.00. The van der Waals surface area contributed by atoms with Crippen molar-refractivity contribution < 1.29 is 17.6 Å². The Morgan fingerprint density at radius 3 is 2.42 bits per heavy atom. The first-order valence-electron chi connectivity index (χ1n) is 10.2. The minimum Gasteiger partial charge on any atom is -0.384 e. The smallest absolute Gasteiger partial charge is 0.384 e. The first-order chi connectivity index (χ1) is 14.6. The maximum absolute atomic E-state index is 15.6. The number of halogens is 4. The Bertz CT molecular complexity index is 1190. The lowest BCUT2D eigenvalue weighted by Crippen LogP contribution is -2.15. The van der Waals surface area contributed by atoms with Gasteiger partial charge in [-0.2, -0.15) is 18.3 Å². The van der Waals surface area contributed by atoms with Crippen LogP contribution in [0.2, 0.25) is 0 Å². The van der Waals surface area contributed by atoms with Crippen molar-refractivity contribution in [3.05, 3.63) is 34.4 Å². The molecule has 0 amide bonds. The van der Waals surface area contributed by atoms with Crippen LogP contribution in [0.1, 0.15) is 48.2 Å². The molecule has 2 aliphatic rings. The molecule has 164 valence electrons. The van der Waals surface area contributed by atoms with Crippen LogP contribution in [0, 0.1) is 24.6 Å². The van der Waals surface area contributed by atoms with E-state index in [-0.39, 0.29) is 28.7 Å². The fraction of sp³-hybridized carbons (Fsp3) is 0.476. The van der Waals surface area contributed by atoms with Crippen molar-refractivity contribution in [1.29, 1.82) is 0 Å². The summed E-state index contributed by atoms with van der Waals surface area (Å²) >= 11 is 0. The highest BCUT2D eigenvalue weighted by molar-refractivity contribution is 5.89. The number of nitrogen functional groups attached to an aromatic ring is 1. The zero-order chi connectivity index (χ0) is 22.2. The Morgan fingerprint density at radius 1 is 1.13 bits per heavy atom. The van der Waals surface area contributed by atoms with Gasteiger partial charge in [0.05, 0.1) is 11.3 Å². The topological polar surface area (TPSA) is 92.5 Å². The van der Waals surface area contributed by atoms with E-state index in [2.05, 4.69) is 25.5 Å². The number of piperidine rings is 1. The number of alkyl halides is 3. The number of H-pyrrole nitrogens is 1. The molecule has 1 aliphatic carbocycles. The van der Waals surface area contributed by atoms with Crippen molar-refractivity contribution in [2.24, 2.45) is 11.8 Å². The van der Waals surface area contributed by atoms with Crippen LogP contribution < -0.4 is 11.1 Å². The number of nitrogens with one attached hydrogen (secondary N) is 2. The fourth-order valence-electron chi connectivity index (χ4n) is 5.00. The Morgan fingerprint density at radius 2 is 1.81 bits per heavy atom. The number of pyridine rings is 2. The molecule has 2 fully saturated rings. The molecule has 0 bridgehead atoms. The molecule has 0 radical (unpaired) electrons. The average Bonchev–Trinajstić information content (AvgIpc) is 3.03. The van der Waals surface area contributed by atoms with Gasteiger partial charge in [-0.3, -0.25) is 5.10 Å². The predicted molar refractivity (Wildman–Crippen MR) is 108 cm³/mol. The first kappa shape index (κ1) is 20.2. The summed E-state index contributed by atoms with van der Waals surface area (Å²) in [6.07, 6.45) is -4.74. The second-order valence-corrected chi connectivity index (χ2v) is 8.77. The number of rotatable bonds is 3. The Hall–Kier alpha value is -2.75. The summed E-state index contributed by atoms with van der Waals surface area (Å²) < 4.78 is 57.1. The number of aryl methyl sites for hydroxylation is 1. The number of nitrogens with two attached hydrogens (primary N) is 1. The zero-order valence-corrected chi connectivity index (χ0v) is 17.2. The maximum atomic E-state index is 15.6. The molecule has 1 aliphatic heterocycles. The van der Waals surface area contributed by atoms with Gasteiger partial charge >= 0.3 is 6.18 Å². The van der Waals surface area contributed by atoms with Crippen LogP contribution in [0.5, 0.6) is 0 Å². The number of hydrogen-bond acceptors (Lipinski definition) is 5. The SMILES string of the molecule is Cc1cc(N)nc(-c2nc(C(C)C)c3c(C4[C@H]5CNC[C@@H]45)[nH]nc3c2F)c1C(F)(F)F. The molecular formula is C21H22F4N6. The third kappa shape index (κ3) is 2.99. The number of fused-ring (bicyclic) bond motifs is 2. The van der Waals surface area contributed by atoms with Gasteiger partial charge < -0.3 is 11.1 Å². The molecule has 1 saturated carbocycles. The second-order valence-electron chi connectivity index (χ2n) is 8.77. The van der Waals surface area contributed by atoms with E-state index in [0.29, 0.717) is 22.9 Å². The van der Waals surface area contributed by atoms with Crippen molar-refractivity contribution in [3.8, 4) is 11.4 Å². The third-order valence-corrected chi connectivity index (χ3v) is 6.41. The summed E-state index contributed by atoms with van der Waals surface area (Å²) in [5.74, 6) is -0.0635. The van der Waals surface area contributed by atoms with E-state index >= 15 is 4.39 Å². The van der Waals surface area contributed by atoms with E-state index in [4.69, 9.17) is 5.73 Å². The van der Waals surface area contributed by atoms with Crippen LogP contribution in [0.4, 0.5) is 23.4 Å². The molecule has 4 N–H and O–H groups in total. The molecule has 6 nitrogen and oxygen atoms in total. The average molecular weight is 434 g/mol. The minimum atomic E-state index is -4.74. The van der Waals surface area contributed by atoms with Crippen LogP contribution in [0.25, 0.3) is 22.3 Å². The Labute approximate surface area is 175 Å². The van der Waals surface area contributed by atoms with Gasteiger partial charge in [-0.05, 0) is 49.4 Å². The largest absolute Gasteiger partial charge is 0.418 e. The molecule has 3 aromatic rings. The summed E-state index contributed by atoms with van der Waals surface area (Å²) in [7, 11) is 0. The van der Waals surface area contributed by atoms with E-state index in [1.54, 1.807) is 0 Å². The number of nitrogens with zero attached hydrogens (tertiary/aromatic N) is 3. The van der Waals surface area contributed by atoms with Gasteiger partial charge in [-0.15, -0.1) is 0 Å². The lowest BCUT2D eigenvalue weighted by molar-refractivity contribution is -0.137. The van der Waals surface area contributed by atoms with E-state index in [1.807, 2.05) is 13.8 Å². The molecule has 5 rings (SSSR count). The molecule has 0 aromatic carbocycles. The summed E-state index contributed by atoms with van der Waals surface area (Å²) in [4.78, 5) is 8.24. The van der Waals surface area contributed by atoms with Crippen molar-refractivity contribution in [2.75, 3.05) is 18.8 Å².